The Kier molecular flexibility index (Phi) is 11.3. The Labute approximate surface area is 71.9 Å². The molecule has 0 rings (SSSR count). The Balaban J connectivity index is 0. The fourth-order valence-electron chi connectivity index (χ4n) is 0.282. The number of hydrogen-bond donors (Lipinski definition) is 1. The zero-order chi connectivity index (χ0) is 9.28. The van der Waals surface area contributed by atoms with Gasteiger partial charge in [-0.25, -0.2) is 0 Å². The highest BCUT2D eigenvalue weighted by Gasteiger charge is 2.08. The summed E-state index contributed by atoms with van der Waals surface area (Å²) in [5, 5.41) is 1.91. The summed E-state index contributed by atoms with van der Waals surface area (Å²) in [6.45, 7) is 5.74. The second-order valence-corrected chi connectivity index (χ2v) is 2.68. The molecule has 0 spiro atoms. The lowest BCUT2D eigenvalue weighted by Gasteiger charge is -2.02. The van der Waals surface area contributed by atoms with Crippen LogP contribution in [0.1, 0.15) is 20.8 Å². The largest absolute Gasteiger partial charge is 0.298 e. The molecule has 0 radical (unpaired) electrons. The quantitative estimate of drug-likeness (QED) is 0.655. The topological polar surface area (TPSA) is 46.2 Å². The van der Waals surface area contributed by atoms with Crippen LogP contribution in [-0.4, -0.2) is 23.8 Å². The van der Waals surface area contributed by atoms with Gasteiger partial charge < -0.3 is 0 Å². The molecule has 0 aromatic heterocycles. The Bertz CT molecular complexity index is 117. The second-order valence-electron chi connectivity index (χ2n) is 1.50. The van der Waals surface area contributed by atoms with Crippen LogP contribution < -0.4 is 5.32 Å². The van der Waals surface area contributed by atoms with Crippen molar-refractivity contribution in [3.8, 4) is 0 Å². The fourth-order valence-corrected chi connectivity index (χ4v) is 0.565. The Hall–Kier alpha value is -0.510. The summed E-state index contributed by atoms with van der Waals surface area (Å²) in [5.41, 5.74) is 0. The van der Waals surface area contributed by atoms with E-state index in [0.29, 0.717) is 6.41 Å². The third kappa shape index (κ3) is 7.39. The SMILES string of the molecule is CC.CSC(C)C(=O)NC=O. The van der Waals surface area contributed by atoms with Crippen molar-refractivity contribution < 1.29 is 9.59 Å². The lowest BCUT2D eigenvalue weighted by atomic mass is 10.4. The molecule has 2 amide bonds. The van der Waals surface area contributed by atoms with Gasteiger partial charge in [-0.2, -0.15) is 11.8 Å². The Morgan fingerprint density at radius 3 is 2.27 bits per heavy atom. The van der Waals surface area contributed by atoms with Crippen molar-refractivity contribution in [2.24, 2.45) is 0 Å². The van der Waals surface area contributed by atoms with Gasteiger partial charge in [-0.15, -0.1) is 0 Å². The van der Waals surface area contributed by atoms with Gasteiger partial charge in [-0.05, 0) is 13.2 Å². The molecule has 66 valence electrons. The first kappa shape index (κ1) is 13.1. The van der Waals surface area contributed by atoms with Crippen LogP contribution in [0.25, 0.3) is 0 Å². The van der Waals surface area contributed by atoms with Crippen LogP contribution in [0.4, 0.5) is 0 Å². The smallest absolute Gasteiger partial charge is 0.239 e. The van der Waals surface area contributed by atoms with E-state index in [-0.39, 0.29) is 11.2 Å². The highest BCUT2D eigenvalue weighted by Crippen LogP contribution is 2.03. The molecule has 0 fully saturated rings. The molecular formula is C7H15NO2S. The van der Waals surface area contributed by atoms with Crippen molar-refractivity contribution >= 4 is 24.1 Å². The predicted molar refractivity (Wildman–Crippen MR) is 48.5 cm³/mol. The summed E-state index contributed by atoms with van der Waals surface area (Å²) in [4.78, 5) is 20.3. The van der Waals surface area contributed by atoms with E-state index in [9.17, 15) is 9.59 Å². The summed E-state index contributed by atoms with van der Waals surface area (Å²) in [6.07, 6.45) is 2.21. The summed E-state index contributed by atoms with van der Waals surface area (Å²) in [5.74, 6) is -0.238. The molecular weight excluding hydrogens is 162 g/mol. The molecule has 0 aromatic carbocycles. The van der Waals surface area contributed by atoms with E-state index in [1.165, 1.54) is 11.8 Å². The summed E-state index contributed by atoms with van der Waals surface area (Å²) in [6, 6.07) is 0. The third-order valence-electron chi connectivity index (χ3n) is 0.924. The number of imide groups is 1. The number of carbonyl (C=O) groups is 2. The number of hydrogen-bond acceptors (Lipinski definition) is 3. The Morgan fingerprint density at radius 2 is 2.00 bits per heavy atom. The van der Waals surface area contributed by atoms with Crippen LogP contribution in [0.5, 0.6) is 0 Å². The minimum atomic E-state index is -0.238. The van der Waals surface area contributed by atoms with E-state index >= 15 is 0 Å². The van der Waals surface area contributed by atoms with Crippen LogP contribution in [0, 0.1) is 0 Å². The van der Waals surface area contributed by atoms with Crippen molar-refractivity contribution in [3.63, 3.8) is 0 Å². The average molecular weight is 177 g/mol. The van der Waals surface area contributed by atoms with Crippen LogP contribution in [0.15, 0.2) is 0 Å². The van der Waals surface area contributed by atoms with Gasteiger partial charge in [-0.3, -0.25) is 14.9 Å². The van der Waals surface area contributed by atoms with Crippen LogP contribution in [-0.2, 0) is 9.59 Å². The maximum absolute atomic E-state index is 10.6. The molecule has 4 heteroatoms. The Morgan fingerprint density at radius 1 is 1.55 bits per heavy atom. The number of nitrogens with one attached hydrogen (secondary N) is 1. The van der Waals surface area contributed by atoms with E-state index in [2.05, 4.69) is 5.32 Å². The maximum Gasteiger partial charge on any atom is 0.239 e. The van der Waals surface area contributed by atoms with Crippen LogP contribution >= 0.6 is 11.8 Å². The van der Waals surface area contributed by atoms with Crippen molar-refractivity contribution in [3.05, 3.63) is 0 Å². The minimum Gasteiger partial charge on any atom is -0.298 e. The molecule has 0 saturated heterocycles. The molecule has 1 unspecified atom stereocenters. The number of thioether (sulfide) groups is 1. The number of carbonyl (C=O) groups excluding carboxylic acids is 2. The standard InChI is InChI=1S/C5H9NO2S.C2H6/c1-4(9-2)5(8)6-3-7;1-2/h3-4H,1-2H3,(H,6,7,8);1-2H3. The third-order valence-corrected chi connectivity index (χ3v) is 1.85. The van der Waals surface area contributed by atoms with Crippen molar-refractivity contribution in [1.29, 1.82) is 0 Å². The van der Waals surface area contributed by atoms with Gasteiger partial charge in [0, 0.05) is 0 Å². The van der Waals surface area contributed by atoms with E-state index < -0.39 is 0 Å². The van der Waals surface area contributed by atoms with Crippen molar-refractivity contribution in [1.82, 2.24) is 5.32 Å². The zero-order valence-electron chi connectivity index (χ0n) is 7.38. The normalized spacial score (nSPS) is 10.5. The van der Waals surface area contributed by atoms with Crippen LogP contribution in [0.3, 0.4) is 0 Å². The molecule has 0 aliphatic heterocycles. The monoisotopic (exact) mass is 177 g/mol. The van der Waals surface area contributed by atoms with Crippen molar-refractivity contribution in [2.45, 2.75) is 26.0 Å². The lowest BCUT2D eigenvalue weighted by Crippen LogP contribution is -2.29. The first-order valence-electron chi connectivity index (χ1n) is 3.49. The highest BCUT2D eigenvalue weighted by atomic mass is 32.2. The van der Waals surface area contributed by atoms with Crippen LogP contribution in [0.2, 0.25) is 0 Å². The van der Waals surface area contributed by atoms with Gasteiger partial charge in [0.1, 0.15) is 0 Å². The zero-order valence-corrected chi connectivity index (χ0v) is 8.20. The first-order chi connectivity index (χ1) is 5.22. The molecule has 0 aliphatic carbocycles. The van der Waals surface area contributed by atoms with E-state index in [4.69, 9.17) is 0 Å². The fraction of sp³-hybridized carbons (Fsp3) is 0.714. The predicted octanol–water partition coefficient (Wildman–Crippen LogP) is 1.04. The molecule has 1 N–H and O–H groups in total. The molecule has 0 saturated carbocycles. The average Bonchev–Trinajstić information content (AvgIpc) is 2.07. The molecule has 0 bridgehead atoms. The second kappa shape index (κ2) is 9.49. The van der Waals surface area contributed by atoms with Gasteiger partial charge in [0.2, 0.25) is 12.3 Å². The number of amides is 2. The lowest BCUT2D eigenvalue weighted by molar-refractivity contribution is -0.124. The number of rotatable bonds is 3. The van der Waals surface area contributed by atoms with Gasteiger partial charge in [0.25, 0.3) is 0 Å². The van der Waals surface area contributed by atoms with Gasteiger partial charge in [0.05, 0.1) is 5.25 Å². The highest BCUT2D eigenvalue weighted by molar-refractivity contribution is 7.99. The van der Waals surface area contributed by atoms with Gasteiger partial charge >= 0.3 is 0 Å². The molecule has 0 heterocycles. The van der Waals surface area contributed by atoms with E-state index in [1.54, 1.807) is 6.92 Å². The molecule has 0 aliphatic rings. The van der Waals surface area contributed by atoms with Gasteiger partial charge in [-0.1, -0.05) is 13.8 Å². The minimum absolute atomic E-state index is 0.143. The van der Waals surface area contributed by atoms with E-state index in [0.717, 1.165) is 0 Å². The maximum atomic E-state index is 10.6. The molecule has 0 aromatic rings. The summed E-state index contributed by atoms with van der Waals surface area (Å²) < 4.78 is 0. The summed E-state index contributed by atoms with van der Waals surface area (Å²) in [7, 11) is 0. The summed E-state index contributed by atoms with van der Waals surface area (Å²) >= 11 is 1.40. The van der Waals surface area contributed by atoms with Gasteiger partial charge in [0.15, 0.2) is 0 Å². The molecule has 3 nitrogen and oxygen atoms in total. The van der Waals surface area contributed by atoms with E-state index in [1.807, 2.05) is 20.1 Å². The first-order valence-corrected chi connectivity index (χ1v) is 4.78. The van der Waals surface area contributed by atoms with Crippen molar-refractivity contribution in [2.75, 3.05) is 6.26 Å². The molecule has 1 atom stereocenters. The molecule has 11 heavy (non-hydrogen) atoms.